The molecule has 128 valence electrons. The first kappa shape index (κ1) is 15.6. The Labute approximate surface area is 145 Å². The van der Waals surface area contributed by atoms with Crippen LogP contribution in [-0.2, 0) is 0 Å². The van der Waals surface area contributed by atoms with Crippen molar-refractivity contribution in [3.8, 4) is 0 Å². The molecule has 1 atom stereocenters. The first-order valence-corrected chi connectivity index (χ1v) is 8.40. The highest BCUT2D eigenvalue weighted by Gasteiger charge is 2.28. The van der Waals surface area contributed by atoms with Crippen molar-refractivity contribution in [2.45, 2.75) is 25.8 Å². The van der Waals surface area contributed by atoms with Crippen molar-refractivity contribution in [3.05, 3.63) is 48.0 Å². The second-order valence-electron chi connectivity index (χ2n) is 6.21. The summed E-state index contributed by atoms with van der Waals surface area (Å²) in [5, 5.41) is 2.94. The van der Waals surface area contributed by atoms with E-state index in [2.05, 4.69) is 25.2 Å². The Morgan fingerprint density at radius 3 is 3.00 bits per heavy atom. The van der Waals surface area contributed by atoms with Crippen molar-refractivity contribution in [2.75, 3.05) is 18.0 Å². The normalized spacial score (nSPS) is 17.2. The van der Waals surface area contributed by atoms with Crippen LogP contribution >= 0.6 is 0 Å². The van der Waals surface area contributed by atoms with Gasteiger partial charge in [-0.15, -0.1) is 0 Å². The maximum absolute atomic E-state index is 12.2. The predicted molar refractivity (Wildman–Crippen MR) is 93.5 cm³/mol. The number of amides is 1. The lowest BCUT2D eigenvalue weighted by atomic mass is 10.2. The van der Waals surface area contributed by atoms with Gasteiger partial charge in [-0.1, -0.05) is 12.1 Å². The maximum atomic E-state index is 12.2. The molecule has 0 spiro atoms. The SMILES string of the molecule is Cc1cnc(C(=O)NCC2CCCN2c2nc3ccccc3o2)cn1. The number of aryl methyl sites for hydroxylation is 1. The van der Waals surface area contributed by atoms with Crippen molar-refractivity contribution in [1.29, 1.82) is 0 Å². The number of carbonyl (C=O) groups excluding carboxylic acids is 1. The van der Waals surface area contributed by atoms with E-state index in [1.54, 1.807) is 6.20 Å². The van der Waals surface area contributed by atoms with E-state index < -0.39 is 0 Å². The van der Waals surface area contributed by atoms with Gasteiger partial charge < -0.3 is 14.6 Å². The van der Waals surface area contributed by atoms with Gasteiger partial charge in [-0.05, 0) is 31.9 Å². The number of carbonyl (C=O) groups is 1. The van der Waals surface area contributed by atoms with Gasteiger partial charge in [0.05, 0.1) is 17.9 Å². The summed E-state index contributed by atoms with van der Waals surface area (Å²) < 4.78 is 5.87. The number of oxazole rings is 1. The van der Waals surface area contributed by atoms with Crippen molar-refractivity contribution in [3.63, 3.8) is 0 Å². The smallest absolute Gasteiger partial charge is 0.298 e. The lowest BCUT2D eigenvalue weighted by molar-refractivity contribution is 0.0945. The number of fused-ring (bicyclic) bond motifs is 1. The van der Waals surface area contributed by atoms with E-state index in [4.69, 9.17) is 4.42 Å². The van der Waals surface area contributed by atoms with Crippen LogP contribution in [0.1, 0.15) is 29.0 Å². The van der Waals surface area contributed by atoms with E-state index >= 15 is 0 Å². The van der Waals surface area contributed by atoms with Crippen molar-refractivity contribution >= 4 is 23.0 Å². The average Bonchev–Trinajstić information content (AvgIpc) is 3.26. The highest BCUT2D eigenvalue weighted by molar-refractivity contribution is 5.91. The second-order valence-corrected chi connectivity index (χ2v) is 6.21. The van der Waals surface area contributed by atoms with Gasteiger partial charge in [-0.2, -0.15) is 4.98 Å². The third-order valence-electron chi connectivity index (χ3n) is 4.42. The van der Waals surface area contributed by atoms with Crippen molar-refractivity contribution < 1.29 is 9.21 Å². The number of nitrogens with one attached hydrogen (secondary N) is 1. The van der Waals surface area contributed by atoms with E-state index in [-0.39, 0.29) is 11.9 Å². The first-order chi connectivity index (χ1) is 12.2. The van der Waals surface area contributed by atoms with E-state index in [1.807, 2.05) is 31.2 Å². The number of hydrogen-bond acceptors (Lipinski definition) is 6. The molecule has 1 aliphatic rings. The van der Waals surface area contributed by atoms with E-state index in [0.29, 0.717) is 18.3 Å². The molecule has 3 heterocycles. The van der Waals surface area contributed by atoms with Crippen LogP contribution in [0.15, 0.2) is 41.1 Å². The van der Waals surface area contributed by atoms with Crippen LogP contribution in [-0.4, -0.2) is 40.0 Å². The molecule has 3 aromatic rings. The molecule has 2 aromatic heterocycles. The van der Waals surface area contributed by atoms with Crippen LogP contribution in [0.3, 0.4) is 0 Å². The third-order valence-corrected chi connectivity index (χ3v) is 4.42. The van der Waals surface area contributed by atoms with Gasteiger partial charge in [-0.3, -0.25) is 9.78 Å². The zero-order chi connectivity index (χ0) is 17.2. The summed E-state index contributed by atoms with van der Waals surface area (Å²) in [7, 11) is 0. The Morgan fingerprint density at radius 1 is 1.32 bits per heavy atom. The van der Waals surface area contributed by atoms with Crippen LogP contribution in [0.5, 0.6) is 0 Å². The minimum absolute atomic E-state index is 0.162. The molecule has 1 aliphatic heterocycles. The fourth-order valence-corrected chi connectivity index (χ4v) is 3.09. The summed E-state index contributed by atoms with van der Waals surface area (Å²) in [6, 6.07) is 8.50. The number of hydrogen-bond donors (Lipinski definition) is 1. The average molecular weight is 337 g/mol. The van der Waals surface area contributed by atoms with Gasteiger partial charge in [0.2, 0.25) is 0 Å². The number of anilines is 1. The fraction of sp³-hybridized carbons (Fsp3) is 0.333. The molecule has 4 rings (SSSR count). The molecule has 0 radical (unpaired) electrons. The molecule has 1 N–H and O–H groups in total. The van der Waals surface area contributed by atoms with Crippen LogP contribution < -0.4 is 10.2 Å². The van der Waals surface area contributed by atoms with E-state index in [9.17, 15) is 4.79 Å². The Hall–Kier alpha value is -2.96. The van der Waals surface area contributed by atoms with Crippen LogP contribution in [0, 0.1) is 6.92 Å². The molecule has 25 heavy (non-hydrogen) atoms. The zero-order valence-electron chi connectivity index (χ0n) is 14.0. The second kappa shape index (κ2) is 6.51. The Kier molecular flexibility index (Phi) is 4.05. The van der Waals surface area contributed by atoms with Gasteiger partial charge in [-0.25, -0.2) is 4.98 Å². The highest BCUT2D eigenvalue weighted by atomic mass is 16.4. The Balaban J connectivity index is 1.44. The molecule has 0 saturated carbocycles. The minimum atomic E-state index is -0.211. The molecule has 1 fully saturated rings. The number of para-hydroxylation sites is 2. The number of nitrogens with zero attached hydrogens (tertiary/aromatic N) is 4. The quantitative estimate of drug-likeness (QED) is 0.786. The first-order valence-electron chi connectivity index (χ1n) is 8.40. The number of rotatable bonds is 4. The van der Waals surface area contributed by atoms with Gasteiger partial charge >= 0.3 is 0 Å². The van der Waals surface area contributed by atoms with Gasteiger partial charge in [0, 0.05) is 19.3 Å². The summed E-state index contributed by atoms with van der Waals surface area (Å²) in [6.07, 6.45) is 5.12. The van der Waals surface area contributed by atoms with E-state index in [0.717, 1.165) is 36.2 Å². The van der Waals surface area contributed by atoms with Gasteiger partial charge in [0.1, 0.15) is 11.2 Å². The summed E-state index contributed by atoms with van der Waals surface area (Å²) in [5.41, 5.74) is 2.75. The summed E-state index contributed by atoms with van der Waals surface area (Å²) >= 11 is 0. The molecular formula is C18H19N5O2. The molecule has 0 bridgehead atoms. The van der Waals surface area contributed by atoms with Crippen LogP contribution in [0.25, 0.3) is 11.1 Å². The van der Waals surface area contributed by atoms with E-state index in [1.165, 1.54) is 6.20 Å². The monoisotopic (exact) mass is 337 g/mol. The predicted octanol–water partition coefficient (Wildman–Crippen LogP) is 2.33. The molecule has 7 nitrogen and oxygen atoms in total. The molecular weight excluding hydrogens is 318 g/mol. The highest BCUT2D eigenvalue weighted by Crippen LogP contribution is 2.27. The minimum Gasteiger partial charge on any atom is -0.423 e. The van der Waals surface area contributed by atoms with Crippen LogP contribution in [0.4, 0.5) is 6.01 Å². The zero-order valence-corrected chi connectivity index (χ0v) is 14.0. The topological polar surface area (TPSA) is 84.2 Å². The summed E-state index contributed by atoms with van der Waals surface area (Å²) in [4.78, 5) is 27.1. The number of aromatic nitrogens is 3. The van der Waals surface area contributed by atoms with Crippen LogP contribution in [0.2, 0.25) is 0 Å². The standard InChI is InChI=1S/C18H19N5O2/c1-12-9-20-15(11-19-12)17(24)21-10-13-5-4-8-23(13)18-22-14-6-2-3-7-16(14)25-18/h2-3,6-7,9,11,13H,4-5,8,10H2,1H3,(H,21,24). The third kappa shape index (κ3) is 3.17. The molecule has 0 aliphatic carbocycles. The molecule has 1 aromatic carbocycles. The maximum Gasteiger partial charge on any atom is 0.298 e. The van der Waals surface area contributed by atoms with Gasteiger partial charge in [0.15, 0.2) is 5.58 Å². The molecule has 1 unspecified atom stereocenters. The lowest BCUT2D eigenvalue weighted by Crippen LogP contribution is -2.40. The molecule has 1 saturated heterocycles. The summed E-state index contributed by atoms with van der Waals surface area (Å²) in [6.45, 7) is 3.23. The largest absolute Gasteiger partial charge is 0.423 e. The number of benzene rings is 1. The Bertz CT molecular complexity index is 857. The van der Waals surface area contributed by atoms with Crippen molar-refractivity contribution in [2.24, 2.45) is 0 Å². The molecule has 1 amide bonds. The lowest BCUT2D eigenvalue weighted by Gasteiger charge is -2.22. The van der Waals surface area contributed by atoms with Crippen molar-refractivity contribution in [1.82, 2.24) is 20.3 Å². The van der Waals surface area contributed by atoms with Gasteiger partial charge in [0.25, 0.3) is 11.9 Å². The molecule has 7 heteroatoms. The Morgan fingerprint density at radius 2 is 2.20 bits per heavy atom. The fourth-order valence-electron chi connectivity index (χ4n) is 3.09. The summed E-state index contributed by atoms with van der Waals surface area (Å²) in [5.74, 6) is -0.211.